The average Bonchev–Trinajstić information content (AvgIpc) is 3.58. The summed E-state index contributed by atoms with van der Waals surface area (Å²) in [6.07, 6.45) is 3.99. The molecule has 10 heteroatoms. The highest BCUT2D eigenvalue weighted by atomic mass is 35.5. The second kappa shape index (κ2) is 15.4. The van der Waals surface area contributed by atoms with Crippen molar-refractivity contribution in [3.8, 4) is 0 Å². The van der Waals surface area contributed by atoms with E-state index in [4.69, 9.17) is 23.2 Å². The second-order valence-electron chi connectivity index (χ2n) is 12.0. The molecule has 0 heterocycles. The maximum atomic E-state index is 14.7. The van der Waals surface area contributed by atoms with E-state index in [0.717, 1.165) is 46.7 Å². The fourth-order valence-corrected chi connectivity index (χ4v) is 7.85. The summed E-state index contributed by atoms with van der Waals surface area (Å²) in [6, 6.07) is 26.9. The molecule has 1 N–H and O–H groups in total. The van der Waals surface area contributed by atoms with Crippen LogP contribution in [0, 0.1) is 13.8 Å². The molecule has 0 aromatic heterocycles. The lowest BCUT2D eigenvalue weighted by atomic mass is 10.0. The monoisotopic (exact) mass is 691 g/mol. The molecule has 5 rings (SSSR count). The molecular weight excluding hydrogens is 653 g/mol. The van der Waals surface area contributed by atoms with Crippen molar-refractivity contribution in [2.24, 2.45) is 0 Å². The van der Waals surface area contributed by atoms with E-state index in [2.05, 4.69) is 5.32 Å². The molecule has 0 aliphatic heterocycles. The van der Waals surface area contributed by atoms with Crippen molar-refractivity contribution in [3.05, 3.63) is 129 Å². The van der Waals surface area contributed by atoms with E-state index >= 15 is 0 Å². The largest absolute Gasteiger partial charge is 0.352 e. The Morgan fingerprint density at radius 2 is 1.45 bits per heavy atom. The van der Waals surface area contributed by atoms with E-state index in [1.165, 1.54) is 17.0 Å². The predicted molar refractivity (Wildman–Crippen MR) is 188 cm³/mol. The standard InChI is InChI=1S/C37H39Cl2N3O4S/c1-26-20-21-30(22-27(26)2)42(47(45,46)31-16-7-4-8-17-31)25-36(43)41(24-32-33(38)18-11-19-34(32)39)35(23-28-12-5-3-6-13-28)37(44)40-29-14-9-10-15-29/h3-8,11-13,16-22,29,35H,9-10,14-15,23-25H2,1-2H3,(H,40,44)/t35-/m1/s1. The van der Waals surface area contributed by atoms with Gasteiger partial charge in [-0.05, 0) is 79.8 Å². The number of hydrogen-bond donors (Lipinski definition) is 1. The van der Waals surface area contributed by atoms with Gasteiger partial charge in [-0.3, -0.25) is 13.9 Å². The summed E-state index contributed by atoms with van der Waals surface area (Å²) < 4.78 is 29.5. The first-order chi connectivity index (χ1) is 22.5. The van der Waals surface area contributed by atoms with Crippen LogP contribution in [0.1, 0.15) is 47.9 Å². The van der Waals surface area contributed by atoms with Crippen molar-refractivity contribution in [1.29, 1.82) is 0 Å². The van der Waals surface area contributed by atoms with Crippen LogP contribution in [0.5, 0.6) is 0 Å². The van der Waals surface area contributed by atoms with Crippen molar-refractivity contribution >= 4 is 50.7 Å². The third kappa shape index (κ3) is 8.36. The number of carbonyl (C=O) groups is 2. The van der Waals surface area contributed by atoms with E-state index in [1.54, 1.807) is 48.5 Å². The smallest absolute Gasteiger partial charge is 0.264 e. The molecular formula is C37H39Cl2N3O4S. The normalized spacial score (nSPS) is 14.0. The molecule has 7 nitrogen and oxygen atoms in total. The molecule has 0 saturated heterocycles. The minimum Gasteiger partial charge on any atom is -0.352 e. The van der Waals surface area contributed by atoms with Crippen LogP contribution in [0.4, 0.5) is 5.69 Å². The highest BCUT2D eigenvalue weighted by Crippen LogP contribution is 2.30. The third-order valence-electron chi connectivity index (χ3n) is 8.75. The first-order valence-corrected chi connectivity index (χ1v) is 18.0. The number of halogens is 2. The molecule has 47 heavy (non-hydrogen) atoms. The molecule has 1 aliphatic rings. The summed E-state index contributed by atoms with van der Waals surface area (Å²) in [6.45, 7) is 3.18. The molecule has 246 valence electrons. The van der Waals surface area contributed by atoms with Crippen LogP contribution in [0.2, 0.25) is 10.0 Å². The molecule has 1 atom stereocenters. The molecule has 0 spiro atoms. The maximum Gasteiger partial charge on any atom is 0.264 e. The topological polar surface area (TPSA) is 86.8 Å². The molecule has 4 aromatic rings. The van der Waals surface area contributed by atoms with Crippen molar-refractivity contribution in [2.75, 3.05) is 10.8 Å². The van der Waals surface area contributed by atoms with Gasteiger partial charge in [-0.25, -0.2) is 8.42 Å². The van der Waals surface area contributed by atoms with Gasteiger partial charge in [0.05, 0.1) is 10.6 Å². The highest BCUT2D eigenvalue weighted by molar-refractivity contribution is 7.92. The molecule has 1 fully saturated rings. The summed E-state index contributed by atoms with van der Waals surface area (Å²) in [5, 5.41) is 3.85. The highest BCUT2D eigenvalue weighted by Gasteiger charge is 2.36. The zero-order valence-electron chi connectivity index (χ0n) is 26.5. The van der Waals surface area contributed by atoms with Crippen molar-refractivity contribution in [1.82, 2.24) is 10.2 Å². The Labute approximate surface area is 287 Å². The van der Waals surface area contributed by atoms with E-state index in [9.17, 15) is 18.0 Å². The maximum absolute atomic E-state index is 14.7. The Hall–Kier alpha value is -3.85. The second-order valence-corrected chi connectivity index (χ2v) is 14.7. The number of hydrogen-bond acceptors (Lipinski definition) is 4. The van der Waals surface area contributed by atoms with Crippen LogP contribution < -0.4 is 9.62 Å². The minimum absolute atomic E-state index is 0.00659. The summed E-state index contributed by atoms with van der Waals surface area (Å²) in [7, 11) is -4.19. The summed E-state index contributed by atoms with van der Waals surface area (Å²) in [4.78, 5) is 30.4. The SMILES string of the molecule is Cc1ccc(N(CC(=O)N(Cc2c(Cl)cccc2Cl)[C@H](Cc2ccccc2)C(=O)NC2CCCC2)S(=O)(=O)c2ccccc2)cc1C. The lowest BCUT2D eigenvalue weighted by Gasteiger charge is -2.34. The number of nitrogens with one attached hydrogen (secondary N) is 1. The number of aryl methyl sites for hydroxylation is 2. The Bertz CT molecular complexity index is 1790. The van der Waals surface area contributed by atoms with E-state index < -0.39 is 28.5 Å². The number of amides is 2. The molecule has 0 unspecified atom stereocenters. The molecule has 2 amide bonds. The lowest BCUT2D eigenvalue weighted by molar-refractivity contribution is -0.140. The first kappa shape index (κ1) is 34.5. The number of rotatable bonds is 12. The average molecular weight is 693 g/mol. The van der Waals surface area contributed by atoms with Gasteiger partial charge in [-0.1, -0.05) is 96.7 Å². The van der Waals surface area contributed by atoms with Gasteiger partial charge in [0.2, 0.25) is 11.8 Å². The summed E-state index contributed by atoms with van der Waals surface area (Å²) in [5.41, 5.74) is 3.53. The Kier molecular flexibility index (Phi) is 11.3. The fraction of sp³-hybridized carbons (Fsp3) is 0.297. The zero-order valence-corrected chi connectivity index (χ0v) is 28.9. The lowest BCUT2D eigenvalue weighted by Crippen LogP contribution is -2.54. The predicted octanol–water partition coefficient (Wildman–Crippen LogP) is 7.50. The fourth-order valence-electron chi connectivity index (χ4n) is 5.90. The molecule has 4 aromatic carbocycles. The zero-order chi connectivity index (χ0) is 33.6. The third-order valence-corrected chi connectivity index (χ3v) is 11.2. The number of nitrogens with zero attached hydrogens (tertiary/aromatic N) is 2. The van der Waals surface area contributed by atoms with Crippen LogP contribution >= 0.6 is 23.2 Å². The van der Waals surface area contributed by atoms with Crippen LogP contribution in [0.3, 0.4) is 0 Å². The van der Waals surface area contributed by atoms with Gasteiger partial charge in [0.1, 0.15) is 12.6 Å². The van der Waals surface area contributed by atoms with E-state index in [-0.39, 0.29) is 29.8 Å². The van der Waals surface area contributed by atoms with Crippen LogP contribution in [-0.4, -0.2) is 43.8 Å². The first-order valence-electron chi connectivity index (χ1n) is 15.8. The number of anilines is 1. The molecule has 0 radical (unpaired) electrons. The summed E-state index contributed by atoms with van der Waals surface area (Å²) >= 11 is 13.2. The van der Waals surface area contributed by atoms with Gasteiger partial charge in [0.25, 0.3) is 10.0 Å². The number of carbonyl (C=O) groups excluding carboxylic acids is 2. The van der Waals surface area contributed by atoms with E-state index in [0.29, 0.717) is 21.3 Å². The van der Waals surface area contributed by atoms with Gasteiger partial charge < -0.3 is 10.2 Å². The van der Waals surface area contributed by atoms with Gasteiger partial charge in [0, 0.05) is 34.6 Å². The Morgan fingerprint density at radius 3 is 2.06 bits per heavy atom. The molecule has 0 bridgehead atoms. The Balaban J connectivity index is 1.60. The van der Waals surface area contributed by atoms with Gasteiger partial charge in [-0.15, -0.1) is 0 Å². The van der Waals surface area contributed by atoms with Gasteiger partial charge in [-0.2, -0.15) is 0 Å². The van der Waals surface area contributed by atoms with Gasteiger partial charge in [0.15, 0.2) is 0 Å². The number of sulfonamides is 1. The van der Waals surface area contributed by atoms with Crippen molar-refractivity contribution in [2.45, 2.75) is 69.5 Å². The summed E-state index contributed by atoms with van der Waals surface area (Å²) in [5.74, 6) is -0.873. The quantitative estimate of drug-likeness (QED) is 0.167. The van der Waals surface area contributed by atoms with Crippen LogP contribution in [0.25, 0.3) is 0 Å². The molecule has 1 saturated carbocycles. The van der Waals surface area contributed by atoms with Crippen LogP contribution in [-0.2, 0) is 32.6 Å². The molecule has 1 aliphatic carbocycles. The van der Waals surface area contributed by atoms with Crippen molar-refractivity contribution < 1.29 is 18.0 Å². The van der Waals surface area contributed by atoms with Crippen molar-refractivity contribution in [3.63, 3.8) is 0 Å². The van der Waals surface area contributed by atoms with Gasteiger partial charge >= 0.3 is 0 Å². The Morgan fingerprint density at radius 1 is 0.830 bits per heavy atom. The van der Waals surface area contributed by atoms with E-state index in [1.807, 2.05) is 50.2 Å². The number of benzene rings is 4. The van der Waals surface area contributed by atoms with Crippen LogP contribution in [0.15, 0.2) is 102 Å². The minimum atomic E-state index is -4.19.